The standard InChI is InChI=1S/C6H14N2O2.C3H6/c7-4-2-1-3-5(8)6(9)10;1-2-3-1/h5H,1-4,7-8H2,(H,9,10);1-3H2. The summed E-state index contributed by atoms with van der Waals surface area (Å²) in [5, 5.41) is 8.33. The lowest BCUT2D eigenvalue weighted by molar-refractivity contribution is -0.138. The van der Waals surface area contributed by atoms with E-state index in [-0.39, 0.29) is 0 Å². The Kier molecular flexibility index (Phi) is 7.63. The van der Waals surface area contributed by atoms with E-state index in [4.69, 9.17) is 16.6 Å². The van der Waals surface area contributed by atoms with Crippen LogP contribution in [0.1, 0.15) is 38.5 Å². The Bertz CT molecular complexity index is 135. The van der Waals surface area contributed by atoms with Crippen molar-refractivity contribution in [2.75, 3.05) is 6.54 Å². The molecule has 1 fully saturated rings. The molecular formula is C9H20N2O2. The molecule has 0 radical (unpaired) electrons. The van der Waals surface area contributed by atoms with Crippen LogP contribution in [0, 0.1) is 0 Å². The van der Waals surface area contributed by atoms with E-state index in [0.29, 0.717) is 13.0 Å². The maximum Gasteiger partial charge on any atom is 0.320 e. The van der Waals surface area contributed by atoms with Gasteiger partial charge < -0.3 is 16.6 Å². The van der Waals surface area contributed by atoms with Gasteiger partial charge in [0.1, 0.15) is 6.04 Å². The van der Waals surface area contributed by atoms with Crippen molar-refractivity contribution < 1.29 is 9.90 Å². The van der Waals surface area contributed by atoms with Gasteiger partial charge in [-0.3, -0.25) is 4.79 Å². The van der Waals surface area contributed by atoms with Crippen LogP contribution in [0.5, 0.6) is 0 Å². The van der Waals surface area contributed by atoms with E-state index in [9.17, 15) is 4.79 Å². The summed E-state index contributed by atoms with van der Waals surface area (Å²) >= 11 is 0. The van der Waals surface area contributed by atoms with Crippen LogP contribution < -0.4 is 11.5 Å². The van der Waals surface area contributed by atoms with Gasteiger partial charge in [0.25, 0.3) is 0 Å². The highest BCUT2D eigenvalue weighted by Crippen LogP contribution is 2.14. The lowest BCUT2D eigenvalue weighted by Gasteiger charge is -2.03. The first-order valence-electron chi connectivity index (χ1n) is 4.87. The highest BCUT2D eigenvalue weighted by atomic mass is 16.4. The molecule has 1 aliphatic rings. The molecule has 5 N–H and O–H groups in total. The van der Waals surface area contributed by atoms with E-state index in [1.54, 1.807) is 0 Å². The Hall–Kier alpha value is -0.610. The van der Waals surface area contributed by atoms with Gasteiger partial charge in [0.15, 0.2) is 0 Å². The SMILES string of the molecule is C1CC1.NCCCCC(N)C(=O)O. The van der Waals surface area contributed by atoms with E-state index in [2.05, 4.69) is 0 Å². The normalized spacial score (nSPS) is 15.5. The average molecular weight is 188 g/mol. The van der Waals surface area contributed by atoms with Crippen LogP contribution in [-0.4, -0.2) is 23.7 Å². The van der Waals surface area contributed by atoms with Crippen LogP contribution in [-0.2, 0) is 4.79 Å². The Morgan fingerprint density at radius 2 is 1.85 bits per heavy atom. The summed E-state index contributed by atoms with van der Waals surface area (Å²) in [5.74, 6) is -0.933. The van der Waals surface area contributed by atoms with E-state index < -0.39 is 12.0 Å². The molecule has 0 aromatic rings. The quantitative estimate of drug-likeness (QED) is 0.554. The van der Waals surface area contributed by atoms with Gasteiger partial charge in [-0.2, -0.15) is 0 Å². The van der Waals surface area contributed by atoms with Gasteiger partial charge in [0.2, 0.25) is 0 Å². The molecule has 78 valence electrons. The van der Waals surface area contributed by atoms with Crippen molar-refractivity contribution in [3.63, 3.8) is 0 Å². The van der Waals surface area contributed by atoms with Gasteiger partial charge in [-0.1, -0.05) is 25.7 Å². The molecule has 1 rings (SSSR count). The summed E-state index contributed by atoms with van der Waals surface area (Å²) in [5.41, 5.74) is 10.4. The Morgan fingerprint density at radius 1 is 1.31 bits per heavy atom. The number of carboxylic acids is 1. The van der Waals surface area contributed by atoms with Gasteiger partial charge in [-0.25, -0.2) is 0 Å². The lowest BCUT2D eigenvalue weighted by Crippen LogP contribution is -2.29. The van der Waals surface area contributed by atoms with Crippen molar-refractivity contribution in [1.82, 2.24) is 0 Å². The van der Waals surface area contributed by atoms with Crippen molar-refractivity contribution in [2.24, 2.45) is 11.5 Å². The minimum Gasteiger partial charge on any atom is -0.480 e. The number of aliphatic carboxylic acids is 1. The number of hydrogen-bond acceptors (Lipinski definition) is 3. The topological polar surface area (TPSA) is 89.3 Å². The maximum atomic E-state index is 10.1. The zero-order valence-corrected chi connectivity index (χ0v) is 8.04. The molecule has 0 aromatic heterocycles. The van der Waals surface area contributed by atoms with E-state index in [1.807, 2.05) is 0 Å². The first-order chi connectivity index (χ1) is 6.18. The second kappa shape index (κ2) is 8.01. The van der Waals surface area contributed by atoms with E-state index in [0.717, 1.165) is 12.8 Å². The number of carbonyl (C=O) groups is 1. The monoisotopic (exact) mass is 188 g/mol. The highest BCUT2D eigenvalue weighted by molar-refractivity contribution is 5.72. The maximum absolute atomic E-state index is 10.1. The zero-order chi connectivity index (χ0) is 10.1. The highest BCUT2D eigenvalue weighted by Gasteiger charge is 2.09. The van der Waals surface area contributed by atoms with Crippen LogP contribution in [0.2, 0.25) is 0 Å². The van der Waals surface area contributed by atoms with Gasteiger partial charge in [-0.15, -0.1) is 0 Å². The smallest absolute Gasteiger partial charge is 0.320 e. The van der Waals surface area contributed by atoms with Gasteiger partial charge in [0.05, 0.1) is 0 Å². The van der Waals surface area contributed by atoms with Crippen molar-refractivity contribution in [1.29, 1.82) is 0 Å². The molecular weight excluding hydrogens is 168 g/mol. The predicted molar refractivity (Wildman–Crippen MR) is 52.4 cm³/mol. The molecule has 0 saturated heterocycles. The first kappa shape index (κ1) is 12.4. The third kappa shape index (κ3) is 11.4. The van der Waals surface area contributed by atoms with Gasteiger partial charge >= 0.3 is 5.97 Å². The molecule has 1 unspecified atom stereocenters. The molecule has 1 saturated carbocycles. The number of carboxylic acid groups (broad SMARTS) is 1. The molecule has 0 heterocycles. The molecule has 1 aliphatic carbocycles. The molecule has 0 bridgehead atoms. The molecule has 4 heteroatoms. The van der Waals surface area contributed by atoms with Crippen LogP contribution in [0.25, 0.3) is 0 Å². The van der Waals surface area contributed by atoms with Crippen molar-refractivity contribution in [3.05, 3.63) is 0 Å². The van der Waals surface area contributed by atoms with Crippen molar-refractivity contribution in [3.8, 4) is 0 Å². The second-order valence-electron chi connectivity index (χ2n) is 3.29. The van der Waals surface area contributed by atoms with Crippen molar-refractivity contribution in [2.45, 2.75) is 44.6 Å². The third-order valence-corrected chi connectivity index (χ3v) is 1.64. The minimum atomic E-state index is -0.933. The van der Waals surface area contributed by atoms with Crippen LogP contribution in [0.15, 0.2) is 0 Å². The van der Waals surface area contributed by atoms with Crippen molar-refractivity contribution >= 4 is 5.97 Å². The number of rotatable bonds is 5. The summed E-state index contributed by atoms with van der Waals surface area (Å²) < 4.78 is 0. The largest absolute Gasteiger partial charge is 0.480 e. The fraction of sp³-hybridized carbons (Fsp3) is 0.889. The van der Waals surface area contributed by atoms with Crippen LogP contribution in [0.4, 0.5) is 0 Å². The van der Waals surface area contributed by atoms with Crippen LogP contribution in [0.3, 0.4) is 0 Å². The molecule has 0 spiro atoms. The number of hydrogen-bond donors (Lipinski definition) is 3. The Balaban J connectivity index is 0.000000396. The second-order valence-corrected chi connectivity index (χ2v) is 3.29. The van der Waals surface area contributed by atoms with E-state index >= 15 is 0 Å². The fourth-order valence-corrected chi connectivity index (χ4v) is 0.632. The number of nitrogens with two attached hydrogens (primary N) is 2. The molecule has 13 heavy (non-hydrogen) atoms. The summed E-state index contributed by atoms with van der Waals surface area (Å²) in [7, 11) is 0. The molecule has 1 atom stereocenters. The fourth-order valence-electron chi connectivity index (χ4n) is 0.632. The Morgan fingerprint density at radius 3 is 2.15 bits per heavy atom. The Labute approximate surface area is 79.3 Å². The molecule has 4 nitrogen and oxygen atoms in total. The summed E-state index contributed by atoms with van der Waals surface area (Å²) in [6.45, 7) is 0.604. The summed E-state index contributed by atoms with van der Waals surface area (Å²) in [6, 6.07) is -0.716. The average Bonchev–Trinajstić information content (AvgIpc) is 2.90. The van der Waals surface area contributed by atoms with E-state index in [1.165, 1.54) is 19.3 Å². The zero-order valence-electron chi connectivity index (χ0n) is 8.04. The number of unbranched alkanes of at least 4 members (excludes halogenated alkanes) is 1. The summed E-state index contributed by atoms with van der Waals surface area (Å²) in [6.07, 6.45) is 6.66. The lowest BCUT2D eigenvalue weighted by atomic mass is 10.1. The molecule has 0 amide bonds. The van der Waals surface area contributed by atoms with Gasteiger partial charge in [0, 0.05) is 0 Å². The minimum absolute atomic E-state index is 0.520. The molecule has 0 aliphatic heterocycles. The van der Waals surface area contributed by atoms with Gasteiger partial charge in [-0.05, 0) is 19.4 Å². The van der Waals surface area contributed by atoms with Crippen LogP contribution >= 0.6 is 0 Å². The first-order valence-corrected chi connectivity index (χ1v) is 4.87. The molecule has 0 aromatic carbocycles. The third-order valence-electron chi connectivity index (χ3n) is 1.64. The predicted octanol–water partition coefficient (Wildman–Crippen LogP) is 0.698. The summed E-state index contributed by atoms with van der Waals surface area (Å²) in [4.78, 5) is 10.1.